The van der Waals surface area contributed by atoms with Crippen LogP contribution in [-0.2, 0) is 11.2 Å². The third-order valence-electron chi connectivity index (χ3n) is 3.73. The molecule has 1 aliphatic rings. The number of rotatable bonds is 6. The van der Waals surface area contributed by atoms with Crippen molar-refractivity contribution in [3.63, 3.8) is 0 Å². The fourth-order valence-electron chi connectivity index (χ4n) is 2.66. The maximum absolute atomic E-state index is 11.9. The second-order valence-electron chi connectivity index (χ2n) is 5.56. The average molecular weight is 260 g/mol. The van der Waals surface area contributed by atoms with Crippen LogP contribution < -0.4 is 10.6 Å². The molecule has 1 fully saturated rings. The third kappa shape index (κ3) is 5.03. The van der Waals surface area contributed by atoms with Crippen molar-refractivity contribution < 1.29 is 4.79 Å². The van der Waals surface area contributed by atoms with Crippen LogP contribution >= 0.6 is 0 Å². The van der Waals surface area contributed by atoms with Gasteiger partial charge in [-0.25, -0.2) is 0 Å². The number of carbonyl (C=O) groups is 1. The lowest BCUT2D eigenvalue weighted by molar-refractivity contribution is -0.121. The fraction of sp³-hybridized carbons (Fsp3) is 0.562. The van der Waals surface area contributed by atoms with E-state index in [1.165, 1.54) is 12.0 Å². The van der Waals surface area contributed by atoms with Gasteiger partial charge in [0.25, 0.3) is 0 Å². The summed E-state index contributed by atoms with van der Waals surface area (Å²) in [6.07, 6.45) is 3.78. The van der Waals surface area contributed by atoms with Gasteiger partial charge in [-0.1, -0.05) is 30.3 Å². The molecule has 0 radical (unpaired) electrons. The Morgan fingerprint density at radius 1 is 1.42 bits per heavy atom. The molecular weight excluding hydrogens is 236 g/mol. The molecule has 3 heteroatoms. The first-order valence-corrected chi connectivity index (χ1v) is 7.28. The van der Waals surface area contributed by atoms with Gasteiger partial charge >= 0.3 is 0 Å². The van der Waals surface area contributed by atoms with E-state index in [9.17, 15) is 4.79 Å². The van der Waals surface area contributed by atoms with E-state index in [0.29, 0.717) is 12.3 Å². The average Bonchev–Trinajstić information content (AvgIpc) is 2.90. The van der Waals surface area contributed by atoms with Gasteiger partial charge in [-0.3, -0.25) is 4.79 Å². The lowest BCUT2D eigenvalue weighted by Gasteiger charge is -2.15. The first kappa shape index (κ1) is 14.1. The second kappa shape index (κ2) is 7.29. The van der Waals surface area contributed by atoms with Crippen molar-refractivity contribution in [3.05, 3.63) is 35.9 Å². The summed E-state index contributed by atoms with van der Waals surface area (Å²) < 4.78 is 0. The summed E-state index contributed by atoms with van der Waals surface area (Å²) in [5, 5.41) is 6.43. The third-order valence-corrected chi connectivity index (χ3v) is 3.73. The van der Waals surface area contributed by atoms with Crippen molar-refractivity contribution >= 4 is 5.91 Å². The van der Waals surface area contributed by atoms with Crippen LogP contribution in [0, 0.1) is 5.92 Å². The van der Waals surface area contributed by atoms with Crippen LogP contribution in [0.1, 0.15) is 31.7 Å². The highest BCUT2D eigenvalue weighted by molar-refractivity contribution is 5.76. The Kier molecular flexibility index (Phi) is 5.40. The standard InChI is InChI=1S/C16H24N2O/c1-13(11-14-5-3-2-4-6-14)18-16(19)8-7-15-9-10-17-12-15/h2-6,13,15,17H,7-12H2,1H3,(H,18,19). The van der Waals surface area contributed by atoms with Crippen molar-refractivity contribution in [1.82, 2.24) is 10.6 Å². The Balaban J connectivity index is 1.66. The monoisotopic (exact) mass is 260 g/mol. The van der Waals surface area contributed by atoms with E-state index in [4.69, 9.17) is 0 Å². The molecule has 1 aromatic carbocycles. The molecule has 3 nitrogen and oxygen atoms in total. The number of benzene rings is 1. The van der Waals surface area contributed by atoms with Crippen LogP contribution in [0.4, 0.5) is 0 Å². The maximum Gasteiger partial charge on any atom is 0.220 e. The minimum Gasteiger partial charge on any atom is -0.353 e. The topological polar surface area (TPSA) is 41.1 Å². The Morgan fingerprint density at radius 2 is 2.21 bits per heavy atom. The minimum atomic E-state index is 0.190. The normalized spacial score (nSPS) is 20.2. The van der Waals surface area contributed by atoms with Gasteiger partial charge < -0.3 is 10.6 Å². The highest BCUT2D eigenvalue weighted by Crippen LogP contribution is 2.14. The summed E-state index contributed by atoms with van der Waals surface area (Å²) >= 11 is 0. The van der Waals surface area contributed by atoms with Crippen molar-refractivity contribution in [2.24, 2.45) is 5.92 Å². The molecule has 1 aliphatic heterocycles. The molecule has 19 heavy (non-hydrogen) atoms. The predicted molar refractivity (Wildman–Crippen MR) is 78.0 cm³/mol. The molecule has 0 spiro atoms. The highest BCUT2D eigenvalue weighted by atomic mass is 16.1. The zero-order chi connectivity index (χ0) is 13.5. The summed E-state index contributed by atoms with van der Waals surface area (Å²) in [7, 11) is 0. The van der Waals surface area contributed by atoms with Crippen molar-refractivity contribution in [2.75, 3.05) is 13.1 Å². The molecule has 2 unspecified atom stereocenters. The molecule has 2 N–H and O–H groups in total. The van der Waals surface area contributed by atoms with Crippen LogP contribution in [0.3, 0.4) is 0 Å². The number of amides is 1. The SMILES string of the molecule is CC(Cc1ccccc1)NC(=O)CCC1CCNC1. The van der Waals surface area contributed by atoms with Crippen LogP contribution in [0.25, 0.3) is 0 Å². The molecule has 104 valence electrons. The molecule has 0 bridgehead atoms. The first-order valence-electron chi connectivity index (χ1n) is 7.28. The molecule has 1 saturated heterocycles. The molecule has 0 aliphatic carbocycles. The predicted octanol–water partition coefficient (Wildman–Crippen LogP) is 2.12. The van der Waals surface area contributed by atoms with Gasteiger partial charge in [0.1, 0.15) is 0 Å². The van der Waals surface area contributed by atoms with Crippen LogP contribution in [-0.4, -0.2) is 25.0 Å². The van der Waals surface area contributed by atoms with E-state index in [2.05, 4.69) is 29.7 Å². The van der Waals surface area contributed by atoms with E-state index >= 15 is 0 Å². The van der Waals surface area contributed by atoms with Crippen molar-refractivity contribution in [1.29, 1.82) is 0 Å². The van der Waals surface area contributed by atoms with Crippen molar-refractivity contribution in [2.45, 2.75) is 38.6 Å². The quantitative estimate of drug-likeness (QED) is 0.822. The summed E-state index contributed by atoms with van der Waals surface area (Å²) in [4.78, 5) is 11.9. The van der Waals surface area contributed by atoms with E-state index in [1.807, 2.05) is 18.2 Å². The maximum atomic E-state index is 11.9. The lowest BCUT2D eigenvalue weighted by atomic mass is 10.0. The van der Waals surface area contributed by atoms with E-state index in [0.717, 1.165) is 25.9 Å². The van der Waals surface area contributed by atoms with Gasteiger partial charge in [0, 0.05) is 12.5 Å². The van der Waals surface area contributed by atoms with Crippen LogP contribution in [0.15, 0.2) is 30.3 Å². The van der Waals surface area contributed by atoms with Gasteiger partial charge in [0.05, 0.1) is 0 Å². The van der Waals surface area contributed by atoms with E-state index < -0.39 is 0 Å². The molecular formula is C16H24N2O. The molecule has 0 aromatic heterocycles. The zero-order valence-electron chi connectivity index (χ0n) is 11.7. The summed E-state index contributed by atoms with van der Waals surface area (Å²) in [6, 6.07) is 10.5. The summed E-state index contributed by atoms with van der Waals surface area (Å²) in [5.74, 6) is 0.880. The fourth-order valence-corrected chi connectivity index (χ4v) is 2.66. The number of hydrogen-bond donors (Lipinski definition) is 2. The Bertz CT molecular complexity index is 385. The second-order valence-corrected chi connectivity index (χ2v) is 5.56. The largest absolute Gasteiger partial charge is 0.353 e. The number of nitrogens with one attached hydrogen (secondary N) is 2. The Hall–Kier alpha value is -1.35. The molecule has 0 saturated carbocycles. The molecule has 2 rings (SSSR count). The first-order chi connectivity index (χ1) is 9.24. The minimum absolute atomic E-state index is 0.190. The smallest absolute Gasteiger partial charge is 0.220 e. The zero-order valence-corrected chi connectivity index (χ0v) is 11.7. The van der Waals surface area contributed by atoms with Crippen LogP contribution in [0.5, 0.6) is 0 Å². The number of hydrogen-bond acceptors (Lipinski definition) is 2. The highest BCUT2D eigenvalue weighted by Gasteiger charge is 2.16. The van der Waals surface area contributed by atoms with Gasteiger partial charge in [-0.2, -0.15) is 0 Å². The Labute approximate surface area is 115 Å². The van der Waals surface area contributed by atoms with E-state index in [1.54, 1.807) is 0 Å². The lowest BCUT2D eigenvalue weighted by Crippen LogP contribution is -2.34. The van der Waals surface area contributed by atoms with E-state index in [-0.39, 0.29) is 11.9 Å². The molecule has 1 amide bonds. The Morgan fingerprint density at radius 3 is 2.89 bits per heavy atom. The number of carbonyl (C=O) groups excluding carboxylic acids is 1. The van der Waals surface area contributed by atoms with Gasteiger partial charge in [-0.05, 0) is 50.8 Å². The molecule has 1 aromatic rings. The van der Waals surface area contributed by atoms with Gasteiger partial charge in [-0.15, -0.1) is 0 Å². The van der Waals surface area contributed by atoms with Gasteiger partial charge in [0.15, 0.2) is 0 Å². The molecule has 1 heterocycles. The van der Waals surface area contributed by atoms with Crippen LogP contribution in [0.2, 0.25) is 0 Å². The molecule has 2 atom stereocenters. The van der Waals surface area contributed by atoms with Gasteiger partial charge in [0.2, 0.25) is 5.91 Å². The summed E-state index contributed by atoms with van der Waals surface area (Å²) in [6.45, 7) is 4.26. The summed E-state index contributed by atoms with van der Waals surface area (Å²) in [5.41, 5.74) is 1.27. The van der Waals surface area contributed by atoms with Crippen molar-refractivity contribution in [3.8, 4) is 0 Å².